The van der Waals surface area contributed by atoms with Crippen LogP contribution in [0.15, 0.2) is 18.3 Å². The van der Waals surface area contributed by atoms with E-state index in [2.05, 4.69) is 27.4 Å². The van der Waals surface area contributed by atoms with Gasteiger partial charge in [0.05, 0.1) is 0 Å². The maximum absolute atomic E-state index is 11.5. The van der Waals surface area contributed by atoms with Crippen molar-refractivity contribution in [2.45, 2.75) is 19.8 Å². The van der Waals surface area contributed by atoms with Gasteiger partial charge in [-0.2, -0.15) is 0 Å². The fourth-order valence-electron chi connectivity index (χ4n) is 2.56. The second kappa shape index (κ2) is 7.24. The van der Waals surface area contributed by atoms with Gasteiger partial charge >= 0.3 is 0 Å². The molecular formula is C15H24N4O. The molecule has 1 amide bonds. The maximum Gasteiger partial charge on any atom is 0.269 e. The minimum absolute atomic E-state index is 0.148. The van der Waals surface area contributed by atoms with Crippen LogP contribution in [0.4, 0.5) is 5.69 Å². The van der Waals surface area contributed by atoms with Gasteiger partial charge in [0.2, 0.25) is 0 Å². The molecular weight excluding hydrogens is 252 g/mol. The number of carbonyl (C=O) groups is 1. The Morgan fingerprint density at radius 2 is 2.20 bits per heavy atom. The van der Waals surface area contributed by atoms with Crippen LogP contribution in [-0.2, 0) is 0 Å². The van der Waals surface area contributed by atoms with Gasteiger partial charge < -0.3 is 15.5 Å². The molecule has 1 aliphatic heterocycles. The van der Waals surface area contributed by atoms with Gasteiger partial charge in [-0.3, -0.25) is 9.78 Å². The van der Waals surface area contributed by atoms with E-state index >= 15 is 0 Å². The molecule has 110 valence electrons. The lowest BCUT2D eigenvalue weighted by molar-refractivity contribution is 0.0958. The van der Waals surface area contributed by atoms with Gasteiger partial charge in [-0.15, -0.1) is 0 Å². The van der Waals surface area contributed by atoms with Crippen molar-refractivity contribution in [1.29, 1.82) is 0 Å². The van der Waals surface area contributed by atoms with Crippen molar-refractivity contribution >= 4 is 11.6 Å². The molecule has 1 aliphatic rings. The Morgan fingerprint density at radius 1 is 1.45 bits per heavy atom. The molecule has 0 aliphatic carbocycles. The van der Waals surface area contributed by atoms with Crippen molar-refractivity contribution < 1.29 is 4.79 Å². The van der Waals surface area contributed by atoms with Crippen LogP contribution in [0.25, 0.3) is 0 Å². The van der Waals surface area contributed by atoms with Crippen molar-refractivity contribution in [2.24, 2.45) is 5.92 Å². The number of rotatable bonds is 5. The zero-order valence-electron chi connectivity index (χ0n) is 12.4. The molecule has 0 radical (unpaired) electrons. The summed E-state index contributed by atoms with van der Waals surface area (Å²) in [5.74, 6) is 0.569. The number of likely N-dealkylation sites (tertiary alicyclic amines) is 1. The first-order chi connectivity index (χ1) is 9.72. The van der Waals surface area contributed by atoms with E-state index in [-0.39, 0.29) is 5.91 Å². The predicted molar refractivity (Wildman–Crippen MR) is 81.0 cm³/mol. The zero-order chi connectivity index (χ0) is 14.4. The molecule has 20 heavy (non-hydrogen) atoms. The Hall–Kier alpha value is -1.62. The SMILES string of the molecule is CCN1CCC(CNc2ccnc(C(=O)NC)c2)CC1. The van der Waals surface area contributed by atoms with Crippen LogP contribution in [-0.4, -0.2) is 49.0 Å². The Bertz CT molecular complexity index is 441. The minimum Gasteiger partial charge on any atom is -0.385 e. The third-order valence-electron chi connectivity index (χ3n) is 3.97. The predicted octanol–water partition coefficient (Wildman–Crippen LogP) is 1.58. The summed E-state index contributed by atoms with van der Waals surface area (Å²) >= 11 is 0. The number of pyridine rings is 1. The molecule has 0 unspecified atom stereocenters. The van der Waals surface area contributed by atoms with E-state index < -0.39 is 0 Å². The lowest BCUT2D eigenvalue weighted by atomic mass is 9.97. The smallest absolute Gasteiger partial charge is 0.269 e. The molecule has 0 spiro atoms. The van der Waals surface area contributed by atoms with Crippen LogP contribution in [0.2, 0.25) is 0 Å². The van der Waals surface area contributed by atoms with E-state index in [9.17, 15) is 4.79 Å². The lowest BCUT2D eigenvalue weighted by Gasteiger charge is -2.31. The molecule has 1 fully saturated rings. The second-order valence-corrected chi connectivity index (χ2v) is 5.27. The van der Waals surface area contributed by atoms with Crippen LogP contribution in [0.1, 0.15) is 30.3 Å². The van der Waals surface area contributed by atoms with Crippen LogP contribution >= 0.6 is 0 Å². The average molecular weight is 276 g/mol. The summed E-state index contributed by atoms with van der Waals surface area (Å²) in [5, 5.41) is 6.02. The third kappa shape index (κ3) is 3.93. The second-order valence-electron chi connectivity index (χ2n) is 5.27. The summed E-state index contributed by atoms with van der Waals surface area (Å²) in [7, 11) is 1.62. The number of nitrogens with zero attached hydrogens (tertiary/aromatic N) is 2. The van der Waals surface area contributed by atoms with E-state index in [4.69, 9.17) is 0 Å². The molecule has 0 bridgehead atoms. The minimum atomic E-state index is -0.148. The molecule has 5 heteroatoms. The summed E-state index contributed by atoms with van der Waals surface area (Å²) in [6.07, 6.45) is 4.16. The number of anilines is 1. The number of hydrogen-bond donors (Lipinski definition) is 2. The van der Waals surface area contributed by atoms with Gasteiger partial charge in [-0.25, -0.2) is 0 Å². The lowest BCUT2D eigenvalue weighted by Crippen LogP contribution is -2.35. The van der Waals surface area contributed by atoms with Gasteiger partial charge in [0.25, 0.3) is 5.91 Å². The molecule has 0 aromatic carbocycles. The fraction of sp³-hybridized carbons (Fsp3) is 0.600. The first-order valence-electron chi connectivity index (χ1n) is 7.37. The summed E-state index contributed by atoms with van der Waals surface area (Å²) in [5.41, 5.74) is 1.43. The van der Waals surface area contributed by atoms with Crippen LogP contribution in [0.5, 0.6) is 0 Å². The van der Waals surface area contributed by atoms with Gasteiger partial charge in [0, 0.05) is 25.5 Å². The molecule has 2 rings (SSSR count). The Morgan fingerprint density at radius 3 is 2.85 bits per heavy atom. The maximum atomic E-state index is 11.5. The zero-order valence-corrected chi connectivity index (χ0v) is 12.4. The van der Waals surface area contributed by atoms with E-state index in [0.29, 0.717) is 5.69 Å². The van der Waals surface area contributed by atoms with Crippen molar-refractivity contribution in [2.75, 3.05) is 38.5 Å². The normalized spacial score (nSPS) is 16.9. The molecule has 1 aromatic rings. The molecule has 0 saturated carbocycles. The van der Waals surface area contributed by atoms with E-state index in [1.165, 1.54) is 25.9 Å². The first kappa shape index (κ1) is 14.8. The van der Waals surface area contributed by atoms with Crippen molar-refractivity contribution in [1.82, 2.24) is 15.2 Å². The van der Waals surface area contributed by atoms with Crippen molar-refractivity contribution in [3.05, 3.63) is 24.0 Å². The largest absolute Gasteiger partial charge is 0.385 e. The number of hydrogen-bond acceptors (Lipinski definition) is 4. The van der Waals surface area contributed by atoms with Crippen LogP contribution < -0.4 is 10.6 Å². The number of nitrogens with one attached hydrogen (secondary N) is 2. The van der Waals surface area contributed by atoms with Crippen LogP contribution in [0, 0.1) is 5.92 Å². The molecule has 2 heterocycles. The summed E-state index contributed by atoms with van der Waals surface area (Å²) in [4.78, 5) is 18.1. The van der Waals surface area contributed by atoms with E-state index in [1.807, 2.05) is 6.07 Å². The summed E-state index contributed by atoms with van der Waals surface area (Å²) in [6.45, 7) is 6.73. The monoisotopic (exact) mass is 276 g/mol. The molecule has 1 aromatic heterocycles. The highest BCUT2D eigenvalue weighted by molar-refractivity contribution is 5.92. The van der Waals surface area contributed by atoms with Crippen LogP contribution in [0.3, 0.4) is 0 Å². The van der Waals surface area contributed by atoms with E-state index in [1.54, 1.807) is 19.3 Å². The highest BCUT2D eigenvalue weighted by Crippen LogP contribution is 2.18. The summed E-state index contributed by atoms with van der Waals surface area (Å²) in [6, 6.07) is 3.72. The van der Waals surface area contributed by atoms with Gasteiger partial charge in [0.15, 0.2) is 0 Å². The standard InChI is InChI=1S/C15H24N4O/c1-3-19-8-5-12(6-9-19)11-18-13-4-7-17-14(10-13)15(20)16-2/h4,7,10,12H,3,5-6,8-9,11H2,1-2H3,(H,16,20)(H,17,18). The van der Waals surface area contributed by atoms with Crippen molar-refractivity contribution in [3.63, 3.8) is 0 Å². The average Bonchev–Trinajstić information content (AvgIpc) is 2.53. The Labute approximate surface area is 120 Å². The highest BCUT2D eigenvalue weighted by atomic mass is 16.1. The number of carbonyl (C=O) groups excluding carboxylic acids is 1. The Balaban J connectivity index is 1.84. The van der Waals surface area contributed by atoms with Crippen molar-refractivity contribution in [3.8, 4) is 0 Å². The van der Waals surface area contributed by atoms with Gasteiger partial charge in [-0.05, 0) is 50.5 Å². The Kier molecular flexibility index (Phi) is 5.35. The van der Waals surface area contributed by atoms with E-state index in [0.717, 1.165) is 24.7 Å². The van der Waals surface area contributed by atoms with Gasteiger partial charge in [-0.1, -0.05) is 6.92 Å². The number of piperidine rings is 1. The summed E-state index contributed by atoms with van der Waals surface area (Å²) < 4.78 is 0. The molecule has 5 nitrogen and oxygen atoms in total. The van der Waals surface area contributed by atoms with Gasteiger partial charge in [0.1, 0.15) is 5.69 Å². The fourth-order valence-corrected chi connectivity index (χ4v) is 2.56. The quantitative estimate of drug-likeness (QED) is 0.857. The number of amides is 1. The third-order valence-corrected chi connectivity index (χ3v) is 3.97. The molecule has 1 saturated heterocycles. The topological polar surface area (TPSA) is 57.3 Å². The first-order valence-corrected chi connectivity index (χ1v) is 7.37. The molecule has 0 atom stereocenters. The number of aromatic nitrogens is 1. The molecule has 2 N–H and O–H groups in total. The highest BCUT2D eigenvalue weighted by Gasteiger charge is 2.17.